The molecule has 9 nitrogen and oxygen atoms in total. The summed E-state index contributed by atoms with van der Waals surface area (Å²) in [6.45, 7) is 3.92. The van der Waals surface area contributed by atoms with Gasteiger partial charge in [0.05, 0.1) is 31.0 Å². The van der Waals surface area contributed by atoms with Crippen LogP contribution in [0.2, 0.25) is 0 Å². The van der Waals surface area contributed by atoms with Crippen molar-refractivity contribution in [1.29, 1.82) is 0 Å². The molecule has 0 radical (unpaired) electrons. The Morgan fingerprint density at radius 1 is 0.895 bits per heavy atom. The maximum Gasteiger partial charge on any atom is 0.186 e. The van der Waals surface area contributed by atoms with E-state index in [4.69, 9.17) is 14.5 Å². The largest absolute Gasteiger partial charge is 0.497 e. The van der Waals surface area contributed by atoms with E-state index in [0.29, 0.717) is 6.54 Å². The van der Waals surface area contributed by atoms with Crippen LogP contribution in [-0.2, 0) is 6.54 Å². The van der Waals surface area contributed by atoms with Crippen LogP contribution in [0.1, 0.15) is 23.0 Å². The lowest BCUT2D eigenvalue weighted by Gasteiger charge is -2.39. The van der Waals surface area contributed by atoms with Crippen LogP contribution < -0.4 is 14.4 Å². The molecule has 3 heterocycles. The number of para-hydroxylation sites is 1. The van der Waals surface area contributed by atoms with Crippen LogP contribution in [-0.4, -0.2) is 70.5 Å². The molecule has 0 N–H and O–H groups in total. The Hall–Kier alpha value is -4.02. The minimum absolute atomic E-state index is 0.212. The summed E-state index contributed by atoms with van der Waals surface area (Å²) in [5.41, 5.74) is 3.16. The van der Waals surface area contributed by atoms with Crippen LogP contribution in [0, 0.1) is 0 Å². The van der Waals surface area contributed by atoms with Crippen LogP contribution in [0.3, 0.4) is 0 Å². The predicted octanol–water partition coefficient (Wildman–Crippen LogP) is 4.26. The number of methoxy groups -OCH3 is 2. The zero-order valence-electron chi connectivity index (χ0n) is 21.4. The van der Waals surface area contributed by atoms with Gasteiger partial charge in [0.25, 0.3) is 0 Å². The van der Waals surface area contributed by atoms with Crippen molar-refractivity contribution in [2.24, 2.45) is 0 Å². The quantitative estimate of drug-likeness (QED) is 0.296. The van der Waals surface area contributed by atoms with E-state index >= 15 is 0 Å². The average molecular weight is 528 g/mol. The van der Waals surface area contributed by atoms with Crippen molar-refractivity contribution < 1.29 is 9.47 Å². The highest BCUT2D eigenvalue weighted by Crippen LogP contribution is 2.37. The second-order valence-corrected chi connectivity index (χ2v) is 10.2. The highest BCUT2D eigenvalue weighted by molar-refractivity contribution is 7.22. The molecule has 0 amide bonds. The molecule has 3 aromatic carbocycles. The zero-order valence-corrected chi connectivity index (χ0v) is 22.2. The van der Waals surface area contributed by atoms with Crippen LogP contribution in [0.15, 0.2) is 72.8 Å². The van der Waals surface area contributed by atoms with Gasteiger partial charge in [0.2, 0.25) is 0 Å². The van der Waals surface area contributed by atoms with Gasteiger partial charge in [-0.15, -0.1) is 5.10 Å². The van der Waals surface area contributed by atoms with Crippen molar-refractivity contribution >= 4 is 26.7 Å². The number of hydrogen-bond acceptors (Lipinski definition) is 9. The van der Waals surface area contributed by atoms with E-state index < -0.39 is 0 Å². The van der Waals surface area contributed by atoms with E-state index in [1.807, 2.05) is 47.1 Å². The van der Waals surface area contributed by atoms with Crippen LogP contribution in [0.4, 0.5) is 5.13 Å². The summed E-state index contributed by atoms with van der Waals surface area (Å²) >= 11 is 1.75. The first kappa shape index (κ1) is 24.3. The summed E-state index contributed by atoms with van der Waals surface area (Å²) in [7, 11) is 3.37. The Kier molecular flexibility index (Phi) is 6.89. The molecular formula is C28H29N7O2S. The van der Waals surface area contributed by atoms with E-state index in [2.05, 4.69) is 55.7 Å². The first-order valence-corrected chi connectivity index (χ1v) is 13.4. The van der Waals surface area contributed by atoms with E-state index in [1.54, 1.807) is 25.6 Å². The molecule has 5 aromatic rings. The maximum absolute atomic E-state index is 5.82. The fourth-order valence-corrected chi connectivity index (χ4v) is 6.01. The Bertz CT molecular complexity index is 1480. The van der Waals surface area contributed by atoms with Crippen LogP contribution in [0.5, 0.6) is 11.5 Å². The van der Waals surface area contributed by atoms with Crippen molar-refractivity contribution in [3.63, 3.8) is 0 Å². The number of tetrazole rings is 1. The van der Waals surface area contributed by atoms with Gasteiger partial charge in [-0.25, -0.2) is 9.67 Å². The van der Waals surface area contributed by atoms with Crippen LogP contribution >= 0.6 is 11.3 Å². The predicted molar refractivity (Wildman–Crippen MR) is 148 cm³/mol. The number of anilines is 1. The molecule has 2 aromatic heterocycles. The molecule has 38 heavy (non-hydrogen) atoms. The van der Waals surface area contributed by atoms with Crippen molar-refractivity contribution in [2.45, 2.75) is 12.6 Å². The molecule has 1 aliphatic heterocycles. The molecule has 0 bridgehead atoms. The Morgan fingerprint density at radius 3 is 2.45 bits per heavy atom. The number of ether oxygens (including phenoxy) is 2. The van der Waals surface area contributed by atoms with Gasteiger partial charge in [0.1, 0.15) is 17.5 Å². The normalized spacial score (nSPS) is 15.1. The van der Waals surface area contributed by atoms with Crippen molar-refractivity contribution in [2.75, 3.05) is 45.3 Å². The number of thiazole rings is 1. The third kappa shape index (κ3) is 4.80. The lowest BCUT2D eigenvalue weighted by molar-refractivity contribution is 0.197. The molecule has 1 aliphatic rings. The molecule has 6 rings (SSSR count). The molecule has 10 heteroatoms. The average Bonchev–Trinajstić information content (AvgIpc) is 3.61. The van der Waals surface area contributed by atoms with Crippen molar-refractivity contribution in [1.82, 2.24) is 30.1 Å². The van der Waals surface area contributed by atoms with Gasteiger partial charge in [0, 0.05) is 31.7 Å². The molecule has 1 atom stereocenters. The summed E-state index contributed by atoms with van der Waals surface area (Å²) in [6, 6.07) is 24.2. The fourth-order valence-electron chi connectivity index (χ4n) is 5.00. The van der Waals surface area contributed by atoms with Crippen molar-refractivity contribution in [3.8, 4) is 11.5 Å². The highest BCUT2D eigenvalue weighted by atomic mass is 32.1. The van der Waals surface area contributed by atoms with Gasteiger partial charge in [-0.1, -0.05) is 53.8 Å². The third-order valence-electron chi connectivity index (χ3n) is 6.94. The monoisotopic (exact) mass is 527 g/mol. The van der Waals surface area contributed by atoms with Gasteiger partial charge in [0.15, 0.2) is 11.0 Å². The SMILES string of the molecule is COc1ccc(OC)c([C@@H](c2nnnn2Cc2ccccc2)N2CCN(c3nc4ccccc4s3)CC2)c1. The minimum Gasteiger partial charge on any atom is -0.497 e. The number of benzene rings is 3. The Balaban J connectivity index is 1.33. The lowest BCUT2D eigenvalue weighted by Crippen LogP contribution is -2.48. The summed E-state index contributed by atoms with van der Waals surface area (Å²) in [5, 5.41) is 14.1. The molecule has 0 spiro atoms. The number of fused-ring (bicyclic) bond motifs is 1. The maximum atomic E-state index is 5.82. The summed E-state index contributed by atoms with van der Waals surface area (Å²) in [6.07, 6.45) is 0. The van der Waals surface area contributed by atoms with E-state index in [-0.39, 0.29) is 6.04 Å². The summed E-state index contributed by atoms with van der Waals surface area (Å²) < 4.78 is 14.5. The Labute approximate surface area is 225 Å². The second kappa shape index (κ2) is 10.8. The lowest BCUT2D eigenvalue weighted by atomic mass is 10.0. The topological polar surface area (TPSA) is 81.4 Å². The third-order valence-corrected chi connectivity index (χ3v) is 8.04. The molecule has 1 fully saturated rings. The van der Waals surface area contributed by atoms with E-state index in [9.17, 15) is 0 Å². The molecule has 0 unspecified atom stereocenters. The molecule has 0 saturated carbocycles. The van der Waals surface area contributed by atoms with E-state index in [0.717, 1.165) is 65.3 Å². The number of piperazine rings is 1. The summed E-state index contributed by atoms with van der Waals surface area (Å²) in [5.74, 6) is 2.31. The number of aromatic nitrogens is 5. The zero-order chi connectivity index (χ0) is 25.9. The van der Waals surface area contributed by atoms with Crippen LogP contribution in [0.25, 0.3) is 10.2 Å². The number of hydrogen-bond donors (Lipinski definition) is 0. The van der Waals surface area contributed by atoms with Gasteiger partial charge < -0.3 is 14.4 Å². The van der Waals surface area contributed by atoms with E-state index in [1.165, 1.54) is 4.70 Å². The smallest absolute Gasteiger partial charge is 0.186 e. The second-order valence-electron chi connectivity index (χ2n) is 9.18. The fraction of sp³-hybridized carbons (Fsp3) is 0.286. The first-order chi connectivity index (χ1) is 18.7. The minimum atomic E-state index is -0.212. The molecule has 194 valence electrons. The molecule has 0 aliphatic carbocycles. The number of nitrogens with zero attached hydrogens (tertiary/aromatic N) is 7. The standard InChI is InChI=1S/C28H29N7O2S/c1-36-21-12-13-24(37-2)22(18-21)26(27-30-31-32-35(27)19-20-8-4-3-5-9-20)33-14-16-34(17-15-33)28-29-23-10-6-7-11-25(23)38-28/h3-13,18,26H,14-17,19H2,1-2H3/t26-/m0/s1. The van der Waals surface area contributed by atoms with Gasteiger partial charge in [-0.3, -0.25) is 4.90 Å². The number of rotatable bonds is 8. The van der Waals surface area contributed by atoms with Gasteiger partial charge in [-0.05, 0) is 46.3 Å². The Morgan fingerprint density at radius 2 is 1.68 bits per heavy atom. The highest BCUT2D eigenvalue weighted by Gasteiger charge is 2.33. The molecule has 1 saturated heterocycles. The first-order valence-electron chi connectivity index (χ1n) is 12.6. The van der Waals surface area contributed by atoms with Gasteiger partial charge >= 0.3 is 0 Å². The van der Waals surface area contributed by atoms with Gasteiger partial charge in [-0.2, -0.15) is 0 Å². The summed E-state index contributed by atoms with van der Waals surface area (Å²) in [4.78, 5) is 9.67. The van der Waals surface area contributed by atoms with Crippen molar-refractivity contribution in [3.05, 3.63) is 89.7 Å². The molecular weight excluding hydrogens is 498 g/mol.